The fraction of sp³-hybridized carbons (Fsp3) is 0.647. The van der Waals surface area contributed by atoms with Crippen LogP contribution in [0.4, 0.5) is 0 Å². The summed E-state index contributed by atoms with van der Waals surface area (Å²) < 4.78 is 24.5. The van der Waals surface area contributed by atoms with Crippen molar-refractivity contribution in [1.29, 1.82) is 0 Å². The van der Waals surface area contributed by atoms with Crippen LogP contribution in [0.25, 0.3) is 0 Å². The zero-order valence-electron chi connectivity index (χ0n) is 13.1. The molecule has 120 valence electrons. The third-order valence-electron chi connectivity index (χ3n) is 5.67. The zero-order valence-corrected chi connectivity index (χ0v) is 13.9. The van der Waals surface area contributed by atoms with Gasteiger partial charge in [0.2, 0.25) is 0 Å². The molecule has 3 unspecified atom stereocenters. The van der Waals surface area contributed by atoms with E-state index >= 15 is 0 Å². The quantitative estimate of drug-likeness (QED) is 0.857. The van der Waals surface area contributed by atoms with Crippen LogP contribution in [0.1, 0.15) is 36.4 Å². The lowest BCUT2D eigenvalue weighted by Gasteiger charge is -2.49. The smallest absolute Gasteiger partial charge is 0.175 e. The van der Waals surface area contributed by atoms with E-state index in [0.29, 0.717) is 10.9 Å². The number of sulfone groups is 1. The van der Waals surface area contributed by atoms with Gasteiger partial charge < -0.3 is 5.32 Å². The van der Waals surface area contributed by atoms with Crippen molar-refractivity contribution >= 4 is 9.84 Å². The molecule has 22 heavy (non-hydrogen) atoms. The van der Waals surface area contributed by atoms with Gasteiger partial charge in [-0.3, -0.25) is 4.90 Å². The number of fused-ring (bicyclic) bond motifs is 4. The van der Waals surface area contributed by atoms with Gasteiger partial charge in [-0.05, 0) is 55.3 Å². The number of nitrogens with one attached hydrogen (secondary N) is 1. The lowest BCUT2D eigenvalue weighted by molar-refractivity contribution is 0.0537. The average molecular weight is 320 g/mol. The van der Waals surface area contributed by atoms with Crippen LogP contribution in [0, 0.1) is 5.92 Å². The summed E-state index contributed by atoms with van der Waals surface area (Å²) in [6.45, 7) is 3.28. The van der Waals surface area contributed by atoms with E-state index in [-0.39, 0.29) is 6.04 Å². The lowest BCUT2D eigenvalue weighted by Crippen LogP contribution is -2.54. The lowest BCUT2D eigenvalue weighted by atomic mass is 9.77. The molecular formula is C17H24N2O2S. The molecule has 1 aromatic rings. The summed E-state index contributed by atoms with van der Waals surface area (Å²) in [4.78, 5) is 3.08. The first-order chi connectivity index (χ1) is 10.5. The number of benzene rings is 1. The van der Waals surface area contributed by atoms with Crippen LogP contribution in [-0.2, 0) is 16.3 Å². The fourth-order valence-corrected chi connectivity index (χ4v) is 5.64. The van der Waals surface area contributed by atoms with Crippen molar-refractivity contribution in [1.82, 2.24) is 10.2 Å². The summed E-state index contributed by atoms with van der Waals surface area (Å²) in [6, 6.07) is 6.62. The van der Waals surface area contributed by atoms with Crippen LogP contribution in [-0.4, -0.2) is 45.2 Å². The Labute approximate surface area is 132 Å². The van der Waals surface area contributed by atoms with E-state index in [1.807, 2.05) is 6.07 Å². The Balaban J connectivity index is 1.76. The molecule has 0 spiro atoms. The molecule has 3 aliphatic rings. The second-order valence-electron chi connectivity index (χ2n) is 7.06. The molecule has 0 bridgehead atoms. The van der Waals surface area contributed by atoms with Crippen LogP contribution < -0.4 is 5.32 Å². The Bertz CT molecular complexity index is 686. The highest BCUT2D eigenvalue weighted by atomic mass is 32.2. The Morgan fingerprint density at radius 3 is 3.00 bits per heavy atom. The van der Waals surface area contributed by atoms with Gasteiger partial charge in [0.1, 0.15) is 0 Å². The topological polar surface area (TPSA) is 49.4 Å². The Morgan fingerprint density at radius 1 is 1.32 bits per heavy atom. The normalized spacial score (nSPS) is 32.0. The molecule has 2 saturated heterocycles. The van der Waals surface area contributed by atoms with Gasteiger partial charge >= 0.3 is 0 Å². The minimum atomic E-state index is -3.17. The molecule has 0 aliphatic carbocycles. The van der Waals surface area contributed by atoms with Gasteiger partial charge in [0, 0.05) is 31.4 Å². The van der Waals surface area contributed by atoms with Gasteiger partial charge in [-0.25, -0.2) is 8.42 Å². The molecule has 4 nitrogen and oxygen atoms in total. The molecule has 4 rings (SSSR count). The Hall–Kier alpha value is -0.910. The zero-order chi connectivity index (χ0) is 15.3. The molecule has 1 N–H and O–H groups in total. The highest BCUT2D eigenvalue weighted by molar-refractivity contribution is 7.90. The van der Waals surface area contributed by atoms with E-state index in [0.717, 1.165) is 44.0 Å². The maximum Gasteiger partial charge on any atom is 0.175 e. The molecule has 0 radical (unpaired) electrons. The Kier molecular flexibility index (Phi) is 3.55. The summed E-state index contributed by atoms with van der Waals surface area (Å²) in [5.74, 6) is 0.733. The van der Waals surface area contributed by atoms with E-state index in [2.05, 4.69) is 16.3 Å². The Morgan fingerprint density at radius 2 is 2.18 bits per heavy atom. The van der Waals surface area contributed by atoms with Crippen molar-refractivity contribution in [3.63, 3.8) is 0 Å². The standard InChI is InChI=1S/C17H24N2O2S/c1-22(20,21)16-6-2-4-12-7-9-19-11-13-5-3-8-18-14(13)10-15(19)17(12)16/h2,4,6,13-15,18H,3,5,7-11H2,1H3. The van der Waals surface area contributed by atoms with E-state index in [1.54, 1.807) is 6.07 Å². The van der Waals surface area contributed by atoms with Crippen molar-refractivity contribution in [3.05, 3.63) is 29.3 Å². The van der Waals surface area contributed by atoms with Crippen LogP contribution in [0.2, 0.25) is 0 Å². The van der Waals surface area contributed by atoms with E-state index in [9.17, 15) is 8.42 Å². The van der Waals surface area contributed by atoms with E-state index < -0.39 is 9.84 Å². The maximum atomic E-state index is 12.2. The minimum Gasteiger partial charge on any atom is -0.314 e. The largest absolute Gasteiger partial charge is 0.314 e. The molecule has 3 heterocycles. The second-order valence-corrected chi connectivity index (χ2v) is 9.04. The summed E-state index contributed by atoms with van der Waals surface area (Å²) in [5.41, 5.74) is 2.32. The average Bonchev–Trinajstić information content (AvgIpc) is 2.51. The number of piperidine rings is 2. The third kappa shape index (κ3) is 2.39. The fourth-order valence-electron chi connectivity index (χ4n) is 4.65. The number of rotatable bonds is 1. The molecule has 1 aromatic carbocycles. The van der Waals surface area contributed by atoms with Crippen molar-refractivity contribution in [2.24, 2.45) is 5.92 Å². The number of hydrogen-bond donors (Lipinski definition) is 1. The van der Waals surface area contributed by atoms with Crippen molar-refractivity contribution in [3.8, 4) is 0 Å². The maximum absolute atomic E-state index is 12.2. The van der Waals surface area contributed by atoms with Crippen LogP contribution in [0.15, 0.2) is 23.1 Å². The monoisotopic (exact) mass is 320 g/mol. The van der Waals surface area contributed by atoms with Gasteiger partial charge in [-0.15, -0.1) is 0 Å². The van der Waals surface area contributed by atoms with Crippen LogP contribution in [0.3, 0.4) is 0 Å². The number of nitrogens with zero attached hydrogens (tertiary/aromatic N) is 1. The highest BCUT2D eigenvalue weighted by Crippen LogP contribution is 2.42. The minimum absolute atomic E-state index is 0.265. The van der Waals surface area contributed by atoms with E-state index in [1.165, 1.54) is 24.7 Å². The molecule has 3 atom stereocenters. The van der Waals surface area contributed by atoms with E-state index in [4.69, 9.17) is 0 Å². The predicted octanol–water partition coefficient (Wildman–Crippen LogP) is 1.76. The summed E-state index contributed by atoms with van der Waals surface area (Å²) in [6.07, 6.45) is 5.93. The second kappa shape index (κ2) is 5.32. The SMILES string of the molecule is CS(=O)(=O)c1cccc2c1C1CC3NCCCC3CN1CC2. The van der Waals surface area contributed by atoms with Gasteiger partial charge in [0.15, 0.2) is 9.84 Å². The molecule has 5 heteroatoms. The van der Waals surface area contributed by atoms with Gasteiger partial charge in [0.25, 0.3) is 0 Å². The summed E-state index contributed by atoms with van der Waals surface area (Å²) in [5, 5.41) is 3.67. The van der Waals surface area contributed by atoms with Crippen molar-refractivity contribution in [2.45, 2.75) is 42.7 Å². The molecule has 0 amide bonds. The first-order valence-electron chi connectivity index (χ1n) is 8.33. The van der Waals surface area contributed by atoms with Crippen molar-refractivity contribution in [2.75, 3.05) is 25.9 Å². The predicted molar refractivity (Wildman–Crippen MR) is 86.7 cm³/mol. The van der Waals surface area contributed by atoms with Crippen molar-refractivity contribution < 1.29 is 8.42 Å². The van der Waals surface area contributed by atoms with Crippen LogP contribution in [0.5, 0.6) is 0 Å². The third-order valence-corrected chi connectivity index (χ3v) is 6.83. The van der Waals surface area contributed by atoms with Gasteiger partial charge in [-0.2, -0.15) is 0 Å². The van der Waals surface area contributed by atoms with Gasteiger partial charge in [0.05, 0.1) is 4.90 Å². The van der Waals surface area contributed by atoms with Gasteiger partial charge in [-0.1, -0.05) is 12.1 Å². The summed E-state index contributed by atoms with van der Waals surface area (Å²) >= 11 is 0. The summed E-state index contributed by atoms with van der Waals surface area (Å²) in [7, 11) is -3.17. The first-order valence-corrected chi connectivity index (χ1v) is 10.2. The highest BCUT2D eigenvalue weighted by Gasteiger charge is 2.41. The molecular weight excluding hydrogens is 296 g/mol. The first kappa shape index (κ1) is 14.7. The molecule has 0 saturated carbocycles. The molecule has 2 fully saturated rings. The molecule has 3 aliphatic heterocycles. The number of hydrogen-bond acceptors (Lipinski definition) is 4. The van der Waals surface area contributed by atoms with Crippen LogP contribution >= 0.6 is 0 Å². The molecule has 0 aromatic heterocycles.